The summed E-state index contributed by atoms with van der Waals surface area (Å²) in [4.78, 5) is 4.23. The Morgan fingerprint density at radius 1 is 1.42 bits per heavy atom. The molecule has 6 heteroatoms. The van der Waals surface area contributed by atoms with Crippen LogP contribution in [0.15, 0.2) is 30.6 Å². The number of aromatic nitrogens is 2. The molecule has 0 aliphatic carbocycles. The van der Waals surface area contributed by atoms with Gasteiger partial charge in [-0.2, -0.15) is 0 Å². The number of imidazole rings is 1. The average molecular weight is 266 g/mol. The molecule has 0 spiro atoms. The van der Waals surface area contributed by atoms with Crippen molar-refractivity contribution in [3.63, 3.8) is 0 Å². The van der Waals surface area contributed by atoms with Crippen LogP contribution in [0.2, 0.25) is 0 Å². The van der Waals surface area contributed by atoms with Crippen molar-refractivity contribution in [3.8, 4) is 0 Å². The van der Waals surface area contributed by atoms with Crippen molar-refractivity contribution in [2.24, 2.45) is 5.84 Å². The summed E-state index contributed by atoms with van der Waals surface area (Å²) in [5.74, 6) is 5.08. The van der Waals surface area contributed by atoms with Crippen molar-refractivity contribution in [2.75, 3.05) is 0 Å². The largest absolute Gasteiger partial charge is 0.334 e. The van der Waals surface area contributed by atoms with Gasteiger partial charge in [0.05, 0.1) is 6.04 Å². The maximum absolute atomic E-state index is 13.6. The summed E-state index contributed by atoms with van der Waals surface area (Å²) in [6.07, 6.45) is 3.81. The zero-order chi connectivity index (χ0) is 13.8. The topological polar surface area (TPSA) is 55.9 Å². The lowest BCUT2D eigenvalue weighted by molar-refractivity contribution is 0.482. The molecule has 1 aromatic carbocycles. The molecule has 1 atom stereocenters. The number of hydrogen-bond donors (Lipinski definition) is 2. The summed E-state index contributed by atoms with van der Waals surface area (Å²) in [5.41, 5.74) is 3.02. The summed E-state index contributed by atoms with van der Waals surface area (Å²) in [6, 6.07) is 3.21. The van der Waals surface area contributed by atoms with Gasteiger partial charge in [-0.05, 0) is 25.0 Å². The van der Waals surface area contributed by atoms with Crippen LogP contribution in [-0.4, -0.2) is 9.55 Å². The minimum Gasteiger partial charge on any atom is -0.334 e. The van der Waals surface area contributed by atoms with Gasteiger partial charge in [-0.1, -0.05) is 6.07 Å². The number of hydrogen-bond acceptors (Lipinski definition) is 3. The van der Waals surface area contributed by atoms with Gasteiger partial charge in [0.15, 0.2) is 0 Å². The van der Waals surface area contributed by atoms with Crippen LogP contribution in [0.1, 0.15) is 24.4 Å². The molecule has 1 aromatic heterocycles. The lowest BCUT2D eigenvalue weighted by atomic mass is 10.0. The predicted octanol–water partition coefficient (Wildman–Crippen LogP) is 1.93. The fourth-order valence-corrected chi connectivity index (χ4v) is 2.03. The van der Waals surface area contributed by atoms with Crippen LogP contribution < -0.4 is 11.3 Å². The Kier molecular flexibility index (Phi) is 4.24. The second-order valence-electron chi connectivity index (χ2n) is 4.23. The predicted molar refractivity (Wildman–Crippen MR) is 68.0 cm³/mol. The second-order valence-corrected chi connectivity index (χ2v) is 4.23. The zero-order valence-corrected chi connectivity index (χ0v) is 10.6. The van der Waals surface area contributed by atoms with E-state index in [9.17, 15) is 8.78 Å². The molecular formula is C13H16F2N4. The number of halogens is 2. The second kappa shape index (κ2) is 5.90. The van der Waals surface area contributed by atoms with Crippen molar-refractivity contribution in [1.82, 2.24) is 15.0 Å². The third kappa shape index (κ3) is 2.97. The molecule has 0 radical (unpaired) electrons. The molecule has 4 nitrogen and oxygen atoms in total. The molecule has 0 bridgehead atoms. The SMILES string of the molecule is CCn1ccnc1C(Cc1ccc(F)cc1F)NN. The van der Waals surface area contributed by atoms with Gasteiger partial charge >= 0.3 is 0 Å². The summed E-state index contributed by atoms with van der Waals surface area (Å²) < 4.78 is 28.4. The molecule has 0 fully saturated rings. The van der Waals surface area contributed by atoms with Gasteiger partial charge in [-0.15, -0.1) is 0 Å². The fraction of sp³-hybridized carbons (Fsp3) is 0.308. The van der Waals surface area contributed by atoms with Crippen molar-refractivity contribution in [3.05, 3.63) is 53.6 Å². The van der Waals surface area contributed by atoms with Crippen molar-refractivity contribution >= 4 is 0 Å². The van der Waals surface area contributed by atoms with E-state index in [2.05, 4.69) is 10.4 Å². The van der Waals surface area contributed by atoms with E-state index in [1.165, 1.54) is 12.1 Å². The Bertz CT molecular complexity index is 553. The first-order valence-electron chi connectivity index (χ1n) is 6.06. The monoisotopic (exact) mass is 266 g/mol. The molecule has 1 unspecified atom stereocenters. The molecule has 0 saturated carbocycles. The lowest BCUT2D eigenvalue weighted by Gasteiger charge is -2.17. The Balaban J connectivity index is 2.24. The molecular weight excluding hydrogens is 250 g/mol. The maximum Gasteiger partial charge on any atom is 0.129 e. The standard InChI is InChI=1S/C13H16F2N4/c1-2-19-6-5-17-13(19)12(18-16)7-9-3-4-10(14)8-11(9)15/h3-6,8,12,18H,2,7,16H2,1H3. The van der Waals surface area contributed by atoms with Crippen LogP contribution >= 0.6 is 0 Å². The number of benzene rings is 1. The van der Waals surface area contributed by atoms with E-state index >= 15 is 0 Å². The minimum absolute atomic E-state index is 0.305. The quantitative estimate of drug-likeness (QED) is 0.642. The average Bonchev–Trinajstić information content (AvgIpc) is 2.86. The molecule has 102 valence electrons. The maximum atomic E-state index is 13.6. The van der Waals surface area contributed by atoms with E-state index in [4.69, 9.17) is 5.84 Å². The van der Waals surface area contributed by atoms with Crippen LogP contribution in [0.3, 0.4) is 0 Å². The molecule has 19 heavy (non-hydrogen) atoms. The third-order valence-electron chi connectivity index (χ3n) is 3.04. The van der Waals surface area contributed by atoms with E-state index in [0.29, 0.717) is 12.0 Å². The highest BCUT2D eigenvalue weighted by Crippen LogP contribution is 2.19. The van der Waals surface area contributed by atoms with Crippen LogP contribution in [0.4, 0.5) is 8.78 Å². The smallest absolute Gasteiger partial charge is 0.129 e. The summed E-state index contributed by atoms with van der Waals surface area (Å²) in [7, 11) is 0. The zero-order valence-electron chi connectivity index (χ0n) is 10.6. The number of aryl methyl sites for hydroxylation is 1. The van der Waals surface area contributed by atoms with Gasteiger partial charge in [0.2, 0.25) is 0 Å². The molecule has 1 heterocycles. The summed E-state index contributed by atoms with van der Waals surface area (Å²) >= 11 is 0. The van der Waals surface area contributed by atoms with Crippen LogP contribution in [0.5, 0.6) is 0 Å². The molecule has 0 amide bonds. The molecule has 0 aliphatic heterocycles. The molecule has 0 saturated heterocycles. The lowest BCUT2D eigenvalue weighted by Crippen LogP contribution is -2.32. The van der Waals surface area contributed by atoms with E-state index < -0.39 is 11.6 Å². The molecule has 2 rings (SSSR count). The number of nitrogens with zero attached hydrogens (tertiary/aromatic N) is 2. The Morgan fingerprint density at radius 2 is 2.21 bits per heavy atom. The minimum atomic E-state index is -0.589. The van der Waals surface area contributed by atoms with Crippen LogP contribution in [0.25, 0.3) is 0 Å². The Labute approximate surface area is 110 Å². The van der Waals surface area contributed by atoms with Crippen molar-refractivity contribution < 1.29 is 8.78 Å². The Morgan fingerprint density at radius 3 is 2.84 bits per heavy atom. The number of nitrogens with two attached hydrogens (primary N) is 1. The highest BCUT2D eigenvalue weighted by atomic mass is 19.1. The summed E-state index contributed by atoms with van der Waals surface area (Å²) in [6.45, 7) is 2.73. The van der Waals surface area contributed by atoms with Gasteiger partial charge in [-0.25, -0.2) is 19.2 Å². The molecule has 2 aromatic rings. The number of hydrazine groups is 1. The van der Waals surface area contributed by atoms with Crippen LogP contribution in [-0.2, 0) is 13.0 Å². The van der Waals surface area contributed by atoms with Gasteiger partial charge in [0.1, 0.15) is 17.5 Å². The number of rotatable bonds is 5. The van der Waals surface area contributed by atoms with E-state index in [-0.39, 0.29) is 6.04 Å². The molecule has 0 aliphatic rings. The van der Waals surface area contributed by atoms with E-state index in [1.54, 1.807) is 6.20 Å². The first kappa shape index (κ1) is 13.6. The van der Waals surface area contributed by atoms with Gasteiger partial charge < -0.3 is 4.57 Å². The highest BCUT2D eigenvalue weighted by molar-refractivity contribution is 5.21. The fourth-order valence-electron chi connectivity index (χ4n) is 2.03. The van der Waals surface area contributed by atoms with Crippen molar-refractivity contribution in [2.45, 2.75) is 25.9 Å². The molecule has 3 N–H and O–H groups in total. The van der Waals surface area contributed by atoms with Crippen LogP contribution in [0, 0.1) is 11.6 Å². The third-order valence-corrected chi connectivity index (χ3v) is 3.04. The van der Waals surface area contributed by atoms with E-state index in [0.717, 1.165) is 18.4 Å². The van der Waals surface area contributed by atoms with Gasteiger partial charge in [-0.3, -0.25) is 5.84 Å². The normalized spacial score (nSPS) is 12.6. The highest BCUT2D eigenvalue weighted by Gasteiger charge is 2.17. The first-order chi connectivity index (χ1) is 9.15. The van der Waals surface area contributed by atoms with Gasteiger partial charge in [0.25, 0.3) is 0 Å². The van der Waals surface area contributed by atoms with Crippen molar-refractivity contribution in [1.29, 1.82) is 0 Å². The summed E-state index contributed by atoms with van der Waals surface area (Å²) in [5, 5.41) is 0. The van der Waals surface area contributed by atoms with Gasteiger partial charge in [0, 0.05) is 25.0 Å². The Hall–Kier alpha value is -1.79. The first-order valence-corrected chi connectivity index (χ1v) is 6.06. The van der Waals surface area contributed by atoms with E-state index in [1.807, 2.05) is 17.7 Å². The number of nitrogens with one attached hydrogen (secondary N) is 1.